The Hall–Kier alpha value is -1.11. The van der Waals surface area contributed by atoms with E-state index in [9.17, 15) is 8.42 Å². The van der Waals surface area contributed by atoms with Crippen molar-refractivity contribution < 1.29 is 13.2 Å². The van der Waals surface area contributed by atoms with Gasteiger partial charge in [-0.1, -0.05) is 35.3 Å². The van der Waals surface area contributed by atoms with Crippen LogP contribution in [0.5, 0.6) is 0 Å². The third-order valence-corrected chi connectivity index (χ3v) is 7.72. The number of halogens is 2. The van der Waals surface area contributed by atoms with Crippen LogP contribution in [0.2, 0.25) is 10.0 Å². The summed E-state index contributed by atoms with van der Waals surface area (Å²) in [5.74, 6) is -0.240. The van der Waals surface area contributed by atoms with Crippen molar-refractivity contribution in [3.05, 3.63) is 64.1 Å². The number of ether oxygens (including phenoxy) is 1. The van der Waals surface area contributed by atoms with E-state index < -0.39 is 20.5 Å². The van der Waals surface area contributed by atoms with Crippen molar-refractivity contribution in [2.24, 2.45) is 11.1 Å². The zero-order valence-electron chi connectivity index (χ0n) is 13.7. The summed E-state index contributed by atoms with van der Waals surface area (Å²) in [5.41, 5.74) is 6.26. The Labute approximate surface area is 157 Å². The van der Waals surface area contributed by atoms with Crippen LogP contribution in [-0.4, -0.2) is 33.9 Å². The second-order valence-corrected chi connectivity index (χ2v) is 9.26. The largest absolute Gasteiger partial charge is 0.384 e. The first kappa shape index (κ1) is 18.7. The van der Waals surface area contributed by atoms with Gasteiger partial charge in [0.25, 0.3) is 0 Å². The molecule has 0 unspecified atom stereocenters. The minimum Gasteiger partial charge on any atom is -0.384 e. The van der Waals surface area contributed by atoms with Crippen molar-refractivity contribution in [3.8, 4) is 0 Å². The van der Waals surface area contributed by atoms with Crippen LogP contribution in [0.4, 0.5) is 0 Å². The first-order valence-corrected chi connectivity index (χ1v) is 10.1. The van der Waals surface area contributed by atoms with Gasteiger partial charge in [-0.3, -0.25) is 0 Å². The molecule has 1 aliphatic carbocycles. The Balaban J connectivity index is 2.05. The van der Waals surface area contributed by atoms with Gasteiger partial charge < -0.3 is 10.5 Å². The van der Waals surface area contributed by atoms with E-state index in [1.54, 1.807) is 31.4 Å². The second-order valence-electron chi connectivity index (χ2n) is 6.32. The summed E-state index contributed by atoms with van der Waals surface area (Å²) in [4.78, 5) is 0.243. The van der Waals surface area contributed by atoms with Crippen molar-refractivity contribution in [2.75, 3.05) is 20.3 Å². The quantitative estimate of drug-likeness (QED) is 0.806. The third-order valence-electron chi connectivity index (χ3n) is 4.88. The molecule has 0 aliphatic heterocycles. The second kappa shape index (κ2) is 6.89. The molecule has 2 aromatic carbocycles. The molecule has 0 heterocycles. The number of nitrogens with two attached hydrogens (primary N) is 1. The molecule has 0 saturated heterocycles. The summed E-state index contributed by atoms with van der Waals surface area (Å²) in [7, 11) is -2.03. The highest BCUT2D eigenvalue weighted by Crippen LogP contribution is 2.63. The van der Waals surface area contributed by atoms with Gasteiger partial charge in [0.15, 0.2) is 9.84 Å². The average Bonchev–Trinajstić information content (AvgIpc) is 3.26. The summed E-state index contributed by atoms with van der Waals surface area (Å²) in [5, 5.41) is 0.449. The number of rotatable bonds is 6. The zero-order chi connectivity index (χ0) is 18.2. The fourth-order valence-electron chi connectivity index (χ4n) is 3.63. The van der Waals surface area contributed by atoms with Crippen molar-refractivity contribution in [3.63, 3.8) is 0 Å². The number of hydrogen-bond donors (Lipinski definition) is 1. The molecule has 0 aromatic heterocycles. The van der Waals surface area contributed by atoms with Crippen molar-refractivity contribution >= 4 is 33.0 Å². The van der Waals surface area contributed by atoms with Gasteiger partial charge >= 0.3 is 0 Å². The fourth-order valence-corrected chi connectivity index (χ4v) is 6.33. The lowest BCUT2D eigenvalue weighted by atomic mass is 10.0. The lowest BCUT2D eigenvalue weighted by Crippen LogP contribution is -2.28. The highest BCUT2D eigenvalue weighted by molar-refractivity contribution is 7.92. The molecule has 7 heteroatoms. The van der Waals surface area contributed by atoms with E-state index in [1.807, 2.05) is 12.1 Å². The number of methoxy groups -OCH3 is 1. The van der Waals surface area contributed by atoms with Gasteiger partial charge in [0.1, 0.15) is 0 Å². The first-order valence-electron chi connectivity index (χ1n) is 7.81. The molecule has 25 heavy (non-hydrogen) atoms. The SMILES string of the molecule is COC[C@]1(CN)[C@H](c2ccc(Cl)cc2)[C@H]1S(=O)(=O)c1ccc(Cl)cc1. The Bertz CT molecular complexity index is 853. The average molecular weight is 400 g/mol. The van der Waals surface area contributed by atoms with Crippen LogP contribution in [-0.2, 0) is 14.6 Å². The van der Waals surface area contributed by atoms with Crippen LogP contribution in [0.15, 0.2) is 53.4 Å². The summed E-state index contributed by atoms with van der Waals surface area (Å²) in [6.07, 6.45) is 0. The molecular formula is C18H19Cl2NO3S. The summed E-state index contributed by atoms with van der Waals surface area (Å²) in [6.45, 7) is 0.486. The molecule has 0 bridgehead atoms. The van der Waals surface area contributed by atoms with Crippen LogP contribution >= 0.6 is 23.2 Å². The monoisotopic (exact) mass is 399 g/mol. The van der Waals surface area contributed by atoms with Crippen molar-refractivity contribution in [1.82, 2.24) is 0 Å². The molecule has 4 nitrogen and oxygen atoms in total. The predicted molar refractivity (Wildman–Crippen MR) is 100.0 cm³/mol. The van der Waals surface area contributed by atoms with Crippen LogP contribution in [0.3, 0.4) is 0 Å². The Morgan fingerprint density at radius 3 is 2.04 bits per heavy atom. The van der Waals surface area contributed by atoms with Crippen LogP contribution < -0.4 is 5.73 Å². The summed E-state index contributed by atoms with van der Waals surface area (Å²) in [6, 6.07) is 13.4. The zero-order valence-corrected chi connectivity index (χ0v) is 16.0. The highest BCUT2D eigenvalue weighted by atomic mass is 35.5. The number of benzene rings is 2. The highest BCUT2D eigenvalue weighted by Gasteiger charge is 2.70. The maximum Gasteiger partial charge on any atom is 0.182 e. The molecule has 1 saturated carbocycles. The number of sulfone groups is 1. The van der Waals surface area contributed by atoms with E-state index in [-0.39, 0.29) is 24.0 Å². The molecule has 0 amide bonds. The minimum atomic E-state index is -3.58. The van der Waals surface area contributed by atoms with Gasteiger partial charge in [0.05, 0.1) is 16.8 Å². The molecule has 3 rings (SSSR count). The lowest BCUT2D eigenvalue weighted by Gasteiger charge is -2.15. The Morgan fingerprint density at radius 2 is 1.56 bits per heavy atom. The minimum absolute atomic E-state index is 0.214. The summed E-state index contributed by atoms with van der Waals surface area (Å²) >= 11 is 11.8. The van der Waals surface area contributed by atoms with Gasteiger partial charge in [0, 0.05) is 35.0 Å². The standard InChI is InChI=1S/C18H19Cl2NO3S/c1-24-11-18(10-21)16(12-2-4-13(19)5-3-12)17(18)25(22,23)15-8-6-14(20)7-9-15/h2-9,16-17H,10-11,21H2,1H3/t16-,17-,18-/m1/s1. The van der Waals surface area contributed by atoms with E-state index in [2.05, 4.69) is 0 Å². The molecule has 2 aromatic rings. The Morgan fingerprint density at radius 1 is 1.04 bits per heavy atom. The van der Waals surface area contributed by atoms with Gasteiger partial charge in [0.2, 0.25) is 0 Å². The molecule has 0 spiro atoms. The first-order chi connectivity index (χ1) is 11.9. The molecule has 1 aliphatic rings. The van der Waals surface area contributed by atoms with Crippen LogP contribution in [0, 0.1) is 5.41 Å². The van der Waals surface area contributed by atoms with Gasteiger partial charge in [-0.2, -0.15) is 0 Å². The van der Waals surface area contributed by atoms with Crippen molar-refractivity contribution in [2.45, 2.75) is 16.1 Å². The van der Waals surface area contributed by atoms with E-state index in [0.29, 0.717) is 10.0 Å². The maximum atomic E-state index is 13.2. The normalized spacial score (nSPS) is 25.8. The molecule has 1 fully saturated rings. The van der Waals surface area contributed by atoms with E-state index in [1.165, 1.54) is 12.1 Å². The molecule has 0 radical (unpaired) electrons. The predicted octanol–water partition coefficient (Wildman–Crippen LogP) is 3.52. The van der Waals surface area contributed by atoms with Crippen molar-refractivity contribution in [1.29, 1.82) is 0 Å². The van der Waals surface area contributed by atoms with Crippen LogP contribution in [0.25, 0.3) is 0 Å². The maximum absolute atomic E-state index is 13.2. The van der Waals surface area contributed by atoms with Gasteiger partial charge in [-0.05, 0) is 42.0 Å². The van der Waals surface area contributed by atoms with E-state index >= 15 is 0 Å². The van der Waals surface area contributed by atoms with Gasteiger partial charge in [-0.15, -0.1) is 0 Å². The van der Waals surface area contributed by atoms with Crippen LogP contribution in [0.1, 0.15) is 11.5 Å². The molecule has 134 valence electrons. The van der Waals surface area contributed by atoms with E-state index in [4.69, 9.17) is 33.7 Å². The smallest absolute Gasteiger partial charge is 0.182 e. The van der Waals surface area contributed by atoms with Gasteiger partial charge in [-0.25, -0.2) is 8.42 Å². The lowest BCUT2D eigenvalue weighted by molar-refractivity contribution is 0.142. The van der Waals surface area contributed by atoms with E-state index in [0.717, 1.165) is 5.56 Å². The Kier molecular flexibility index (Phi) is 5.15. The molecule has 2 N–H and O–H groups in total. The molecule has 3 atom stereocenters. The topological polar surface area (TPSA) is 69.4 Å². The third kappa shape index (κ3) is 3.20. The number of hydrogen-bond acceptors (Lipinski definition) is 4. The fraction of sp³-hybridized carbons (Fsp3) is 0.333. The molecular weight excluding hydrogens is 381 g/mol. The summed E-state index contributed by atoms with van der Waals surface area (Å²) < 4.78 is 31.8.